The van der Waals surface area contributed by atoms with Gasteiger partial charge in [-0.3, -0.25) is 20.3 Å². The number of sulfonamides is 1. The van der Waals surface area contributed by atoms with Crippen molar-refractivity contribution in [3.05, 3.63) is 63.7 Å². The summed E-state index contributed by atoms with van der Waals surface area (Å²) in [5.41, 5.74) is 1.62. The molecule has 0 saturated carbocycles. The lowest BCUT2D eigenvalue weighted by molar-refractivity contribution is -0.385. The molecule has 0 spiro atoms. The Morgan fingerprint density at radius 1 is 1.16 bits per heavy atom. The SMILES string of the molecule is O=C(COc1ccccc1[N+](=O)[O-])NNS(=O)(=O)c1ccccc1Cl. The van der Waals surface area contributed by atoms with Crippen LogP contribution in [0.2, 0.25) is 5.02 Å². The molecule has 2 aromatic rings. The monoisotopic (exact) mass is 385 g/mol. The third-order valence-corrected chi connectivity index (χ3v) is 4.62. The van der Waals surface area contributed by atoms with Crippen LogP contribution >= 0.6 is 11.6 Å². The molecule has 2 N–H and O–H groups in total. The number of ether oxygens (including phenoxy) is 1. The second-order valence-electron chi connectivity index (χ2n) is 4.60. The van der Waals surface area contributed by atoms with Gasteiger partial charge in [0.05, 0.1) is 9.95 Å². The zero-order valence-electron chi connectivity index (χ0n) is 12.5. The van der Waals surface area contributed by atoms with Crippen molar-refractivity contribution in [1.29, 1.82) is 0 Å². The highest BCUT2D eigenvalue weighted by molar-refractivity contribution is 7.89. The minimum atomic E-state index is -4.07. The van der Waals surface area contributed by atoms with Gasteiger partial charge in [-0.1, -0.05) is 35.9 Å². The van der Waals surface area contributed by atoms with Crippen LogP contribution in [-0.4, -0.2) is 25.9 Å². The van der Waals surface area contributed by atoms with E-state index in [0.717, 1.165) is 0 Å². The van der Waals surface area contributed by atoms with Crippen molar-refractivity contribution in [3.8, 4) is 5.75 Å². The van der Waals surface area contributed by atoms with Crippen LogP contribution in [-0.2, 0) is 14.8 Å². The fraction of sp³-hybridized carbons (Fsp3) is 0.0714. The van der Waals surface area contributed by atoms with Crippen LogP contribution in [0.25, 0.3) is 0 Å². The Morgan fingerprint density at radius 2 is 1.80 bits per heavy atom. The van der Waals surface area contributed by atoms with E-state index >= 15 is 0 Å². The van der Waals surface area contributed by atoms with Gasteiger partial charge in [0, 0.05) is 6.07 Å². The highest BCUT2D eigenvalue weighted by Gasteiger charge is 2.19. The first-order chi connectivity index (χ1) is 11.8. The Morgan fingerprint density at radius 3 is 2.48 bits per heavy atom. The molecule has 25 heavy (non-hydrogen) atoms. The summed E-state index contributed by atoms with van der Waals surface area (Å²) < 4.78 is 29.1. The predicted octanol–water partition coefficient (Wildman–Crippen LogP) is 1.64. The zero-order valence-corrected chi connectivity index (χ0v) is 14.1. The molecule has 0 aliphatic heterocycles. The molecular weight excluding hydrogens is 374 g/mol. The van der Waals surface area contributed by atoms with Crippen molar-refractivity contribution in [2.24, 2.45) is 0 Å². The number of para-hydroxylation sites is 2. The number of hydrogen-bond acceptors (Lipinski definition) is 6. The number of nitrogens with one attached hydrogen (secondary N) is 2. The summed E-state index contributed by atoms with van der Waals surface area (Å²) in [6, 6.07) is 11.2. The first-order valence-electron chi connectivity index (χ1n) is 6.72. The normalized spacial score (nSPS) is 10.9. The van der Waals surface area contributed by atoms with Crippen LogP contribution in [0.15, 0.2) is 53.4 Å². The summed E-state index contributed by atoms with van der Waals surface area (Å²) >= 11 is 5.79. The quantitative estimate of drug-likeness (QED) is 0.550. The molecule has 0 aliphatic carbocycles. The fourth-order valence-corrected chi connectivity index (χ4v) is 3.13. The van der Waals surface area contributed by atoms with Gasteiger partial charge in [-0.05, 0) is 18.2 Å². The molecule has 0 radical (unpaired) electrons. The number of carbonyl (C=O) groups is 1. The fourth-order valence-electron chi connectivity index (χ4n) is 1.75. The number of nitro groups is 1. The van der Waals surface area contributed by atoms with Crippen molar-refractivity contribution >= 4 is 33.2 Å². The number of halogens is 1. The molecule has 2 aromatic carbocycles. The highest BCUT2D eigenvalue weighted by atomic mass is 35.5. The average molecular weight is 386 g/mol. The first kappa shape index (κ1) is 18.6. The van der Waals surface area contributed by atoms with E-state index in [1.165, 1.54) is 42.5 Å². The Labute approximate surface area is 147 Å². The summed E-state index contributed by atoms with van der Waals surface area (Å²) in [5.74, 6) is -0.967. The van der Waals surface area contributed by atoms with E-state index in [0.29, 0.717) is 0 Å². The summed E-state index contributed by atoms with van der Waals surface area (Å²) in [4.78, 5) is 23.5. The molecule has 0 saturated heterocycles. The van der Waals surface area contributed by atoms with Crippen molar-refractivity contribution in [2.75, 3.05) is 6.61 Å². The molecule has 1 amide bonds. The van der Waals surface area contributed by atoms with E-state index in [1.807, 2.05) is 10.3 Å². The smallest absolute Gasteiger partial charge is 0.310 e. The third-order valence-electron chi connectivity index (χ3n) is 2.87. The van der Waals surface area contributed by atoms with E-state index in [4.69, 9.17) is 16.3 Å². The number of carbonyl (C=O) groups excluding carboxylic acids is 1. The van der Waals surface area contributed by atoms with Crippen molar-refractivity contribution in [3.63, 3.8) is 0 Å². The molecule has 0 heterocycles. The third kappa shape index (κ3) is 4.89. The Balaban J connectivity index is 1.96. The van der Waals surface area contributed by atoms with Crippen LogP contribution in [0.1, 0.15) is 0 Å². The molecule has 0 aromatic heterocycles. The van der Waals surface area contributed by atoms with Gasteiger partial charge in [-0.15, -0.1) is 4.83 Å². The van der Waals surface area contributed by atoms with Crippen LogP contribution < -0.4 is 15.0 Å². The number of hydrogen-bond donors (Lipinski definition) is 2. The van der Waals surface area contributed by atoms with Crippen molar-refractivity contribution in [2.45, 2.75) is 4.90 Å². The molecule has 2 rings (SSSR count). The molecular formula is C14H12ClN3O6S. The van der Waals surface area contributed by atoms with E-state index in [-0.39, 0.29) is 21.4 Å². The van der Waals surface area contributed by atoms with Crippen LogP contribution in [0.5, 0.6) is 5.75 Å². The standard InChI is InChI=1S/C14H12ClN3O6S/c15-10-5-1-4-8-13(10)25(22,23)17-16-14(19)9-24-12-7-3-2-6-11(12)18(20)21/h1-8,17H,9H2,(H,16,19). The minimum absolute atomic E-state index is 0.0135. The summed E-state index contributed by atoms with van der Waals surface area (Å²) in [5, 5.41) is 10.8. The molecule has 0 bridgehead atoms. The molecule has 11 heteroatoms. The lowest BCUT2D eigenvalue weighted by Crippen LogP contribution is -2.43. The van der Waals surface area contributed by atoms with E-state index < -0.39 is 27.5 Å². The Hall–Kier alpha value is -2.69. The molecule has 0 aliphatic rings. The number of nitro benzene ring substituents is 1. The Bertz CT molecular complexity index is 903. The summed E-state index contributed by atoms with van der Waals surface area (Å²) in [7, 11) is -4.07. The predicted molar refractivity (Wildman–Crippen MR) is 88.5 cm³/mol. The van der Waals surface area contributed by atoms with Crippen LogP contribution in [0, 0.1) is 10.1 Å². The maximum absolute atomic E-state index is 12.0. The van der Waals surface area contributed by atoms with Crippen LogP contribution in [0.3, 0.4) is 0 Å². The zero-order chi connectivity index (χ0) is 18.4. The Kier molecular flexibility index (Phi) is 5.91. The number of amides is 1. The van der Waals surface area contributed by atoms with Gasteiger partial charge in [-0.25, -0.2) is 8.42 Å². The molecule has 0 fully saturated rings. The van der Waals surface area contributed by atoms with Crippen molar-refractivity contribution in [1.82, 2.24) is 10.3 Å². The van der Waals surface area contributed by atoms with E-state index in [2.05, 4.69) is 0 Å². The van der Waals surface area contributed by atoms with E-state index in [9.17, 15) is 23.3 Å². The topological polar surface area (TPSA) is 128 Å². The lowest BCUT2D eigenvalue weighted by Gasteiger charge is -2.10. The largest absolute Gasteiger partial charge is 0.477 e. The van der Waals surface area contributed by atoms with Gasteiger partial charge in [0.2, 0.25) is 0 Å². The number of hydrazine groups is 1. The maximum atomic E-state index is 12.0. The molecule has 132 valence electrons. The number of nitrogens with zero attached hydrogens (tertiary/aromatic N) is 1. The first-order valence-corrected chi connectivity index (χ1v) is 8.59. The van der Waals surface area contributed by atoms with Crippen molar-refractivity contribution < 1.29 is 22.9 Å². The lowest BCUT2D eigenvalue weighted by atomic mass is 10.3. The summed E-state index contributed by atoms with van der Waals surface area (Å²) in [6.07, 6.45) is 0. The summed E-state index contributed by atoms with van der Waals surface area (Å²) in [6.45, 7) is -0.629. The van der Waals surface area contributed by atoms with Gasteiger partial charge in [-0.2, -0.15) is 0 Å². The maximum Gasteiger partial charge on any atom is 0.310 e. The highest BCUT2D eigenvalue weighted by Crippen LogP contribution is 2.25. The van der Waals surface area contributed by atoms with Gasteiger partial charge >= 0.3 is 5.69 Å². The average Bonchev–Trinajstić information content (AvgIpc) is 2.58. The second-order valence-corrected chi connectivity index (χ2v) is 6.66. The number of benzene rings is 2. The van der Waals surface area contributed by atoms with Crippen LogP contribution in [0.4, 0.5) is 5.69 Å². The number of rotatable bonds is 7. The van der Waals surface area contributed by atoms with Gasteiger partial charge in [0.15, 0.2) is 12.4 Å². The van der Waals surface area contributed by atoms with E-state index in [1.54, 1.807) is 6.07 Å². The molecule has 0 atom stereocenters. The van der Waals surface area contributed by atoms with Gasteiger partial charge in [0.25, 0.3) is 15.9 Å². The molecule has 0 unspecified atom stereocenters. The molecule has 9 nitrogen and oxygen atoms in total. The van der Waals surface area contributed by atoms with Gasteiger partial charge in [0.1, 0.15) is 4.90 Å². The van der Waals surface area contributed by atoms with Gasteiger partial charge < -0.3 is 4.74 Å². The second kappa shape index (κ2) is 7.92. The minimum Gasteiger partial charge on any atom is -0.477 e.